The van der Waals surface area contributed by atoms with E-state index in [0.29, 0.717) is 37.0 Å². The molecule has 0 aliphatic heterocycles. The molecule has 0 spiro atoms. The van der Waals surface area contributed by atoms with Crippen LogP contribution < -0.4 is 15.3 Å². The molecule has 0 amide bonds. The summed E-state index contributed by atoms with van der Waals surface area (Å²) in [6, 6.07) is 0. The van der Waals surface area contributed by atoms with Gasteiger partial charge in [-0.3, -0.25) is 14.4 Å². The maximum absolute atomic E-state index is 10.8. The molecule has 174 valence electrons. The van der Waals surface area contributed by atoms with Gasteiger partial charge < -0.3 is 15.3 Å². The average Bonchev–Trinajstić information content (AvgIpc) is 2.42. The summed E-state index contributed by atoms with van der Waals surface area (Å²) in [7, 11) is 0. The van der Waals surface area contributed by atoms with Gasteiger partial charge >= 0.3 is 25.8 Å². The second-order valence-corrected chi connectivity index (χ2v) is 8.46. The zero-order chi connectivity index (χ0) is 24.4. The Kier molecular flexibility index (Phi) is 25.8. The van der Waals surface area contributed by atoms with Gasteiger partial charge in [0.05, 0.1) is 0 Å². The van der Waals surface area contributed by atoms with Gasteiger partial charge in [0, 0.05) is 0 Å². The second kappa shape index (κ2) is 21.7. The van der Waals surface area contributed by atoms with Crippen molar-refractivity contribution < 1.29 is 29.7 Å². The van der Waals surface area contributed by atoms with Gasteiger partial charge in [-0.2, -0.15) is 0 Å². The standard InChI is InChI=1S/3C8H14O2.In/c3*1-6(2)4-8(10)5-7(3)9;/h3*5-6,10H,4H2,1-3H3;/q;;;+3/p-3/b3*8-5-;. The Balaban J connectivity index is -0.000000174. The van der Waals surface area contributed by atoms with E-state index in [1.807, 2.05) is 41.5 Å². The molecule has 0 aromatic rings. The number of hydrogen-bond acceptors (Lipinski definition) is 6. The third kappa shape index (κ3) is 39.5. The SMILES string of the molecule is CC(=O)/C=C(\[O-])CC(C)C.CC(=O)/C=C(\[O-])CC(C)C.CC(=O)/C=C(\[O-])CC(C)C.[In+3]. The summed E-state index contributed by atoms with van der Waals surface area (Å²) in [6.07, 6.45) is 4.87. The molecule has 0 aliphatic rings. The van der Waals surface area contributed by atoms with E-state index >= 15 is 0 Å². The van der Waals surface area contributed by atoms with Gasteiger partial charge in [-0.05, 0) is 76.0 Å². The molecular formula is C24H39InO6. The fourth-order valence-electron chi connectivity index (χ4n) is 2.06. The minimum atomic E-state index is -0.161. The predicted molar refractivity (Wildman–Crippen MR) is 120 cm³/mol. The number of carbonyl (C=O) groups is 3. The van der Waals surface area contributed by atoms with Crippen molar-refractivity contribution in [3.8, 4) is 0 Å². The van der Waals surface area contributed by atoms with Crippen molar-refractivity contribution in [1.82, 2.24) is 0 Å². The average molecular weight is 538 g/mol. The van der Waals surface area contributed by atoms with Gasteiger partial charge in [0.2, 0.25) is 0 Å². The number of hydrogen-bond donors (Lipinski definition) is 0. The molecule has 0 saturated carbocycles. The minimum absolute atomic E-state index is 0. The number of rotatable bonds is 9. The Labute approximate surface area is 207 Å². The minimum Gasteiger partial charge on any atom is -0.875 e. The molecule has 0 aliphatic carbocycles. The summed E-state index contributed by atoms with van der Waals surface area (Å²) in [5.74, 6) is 0.323. The Morgan fingerprint density at radius 1 is 0.548 bits per heavy atom. The molecule has 0 unspecified atom stereocenters. The van der Waals surface area contributed by atoms with Gasteiger partial charge in [-0.25, -0.2) is 0 Å². The summed E-state index contributed by atoms with van der Waals surface area (Å²) in [6.45, 7) is 15.9. The molecule has 0 atom stereocenters. The fraction of sp³-hybridized carbons (Fsp3) is 0.625. The van der Waals surface area contributed by atoms with E-state index in [1.165, 1.54) is 20.8 Å². The third-order valence-corrected chi connectivity index (χ3v) is 2.92. The topological polar surface area (TPSA) is 120 Å². The van der Waals surface area contributed by atoms with E-state index in [4.69, 9.17) is 0 Å². The zero-order valence-electron chi connectivity index (χ0n) is 20.6. The molecule has 0 bridgehead atoms. The molecule has 6 nitrogen and oxygen atoms in total. The smallest absolute Gasteiger partial charge is 0.875 e. The van der Waals surface area contributed by atoms with E-state index in [0.717, 1.165) is 18.2 Å². The molecule has 0 radical (unpaired) electrons. The van der Waals surface area contributed by atoms with E-state index in [1.54, 1.807) is 0 Å². The van der Waals surface area contributed by atoms with Crippen LogP contribution in [0, 0.1) is 17.8 Å². The fourth-order valence-corrected chi connectivity index (χ4v) is 2.06. The Morgan fingerprint density at radius 3 is 0.806 bits per heavy atom. The van der Waals surface area contributed by atoms with E-state index in [-0.39, 0.29) is 60.5 Å². The van der Waals surface area contributed by atoms with Crippen LogP contribution in [0.3, 0.4) is 0 Å². The van der Waals surface area contributed by atoms with Crippen LogP contribution >= 0.6 is 0 Å². The second-order valence-electron chi connectivity index (χ2n) is 8.46. The van der Waals surface area contributed by atoms with E-state index in [9.17, 15) is 29.7 Å². The molecule has 31 heavy (non-hydrogen) atoms. The third-order valence-electron chi connectivity index (χ3n) is 2.92. The van der Waals surface area contributed by atoms with Gasteiger partial charge in [0.15, 0.2) is 17.3 Å². The maximum Gasteiger partial charge on any atom is 3.00 e. The summed E-state index contributed by atoms with van der Waals surface area (Å²) in [5, 5.41) is 32.4. The van der Waals surface area contributed by atoms with Crippen LogP contribution in [-0.4, -0.2) is 43.2 Å². The van der Waals surface area contributed by atoms with Crippen LogP contribution in [0.25, 0.3) is 0 Å². The van der Waals surface area contributed by atoms with Crippen LogP contribution in [0.2, 0.25) is 0 Å². The number of ketones is 3. The van der Waals surface area contributed by atoms with E-state index in [2.05, 4.69) is 0 Å². The molecule has 7 heteroatoms. The Morgan fingerprint density at radius 2 is 0.710 bits per heavy atom. The predicted octanol–water partition coefficient (Wildman–Crippen LogP) is 2.22. The van der Waals surface area contributed by atoms with Crippen LogP contribution in [-0.2, 0) is 14.4 Å². The number of allylic oxidation sites excluding steroid dienone is 6. The molecule has 0 fully saturated rings. The molecular weight excluding hydrogens is 499 g/mol. The molecule has 0 aromatic carbocycles. The first-order chi connectivity index (χ1) is 13.6. The van der Waals surface area contributed by atoms with Crippen molar-refractivity contribution in [3.05, 3.63) is 35.5 Å². The molecule has 0 heterocycles. The van der Waals surface area contributed by atoms with Gasteiger partial charge in [0.25, 0.3) is 0 Å². The van der Waals surface area contributed by atoms with Crippen LogP contribution in [0.15, 0.2) is 35.5 Å². The normalized spacial score (nSPS) is 11.8. The Hall–Kier alpha value is -1.50. The summed E-state index contributed by atoms with van der Waals surface area (Å²) in [4.78, 5) is 31.1. The van der Waals surface area contributed by atoms with Gasteiger partial charge in [0.1, 0.15) is 0 Å². The van der Waals surface area contributed by atoms with E-state index < -0.39 is 0 Å². The first-order valence-corrected chi connectivity index (χ1v) is 10.2. The van der Waals surface area contributed by atoms with Crippen molar-refractivity contribution in [3.63, 3.8) is 0 Å². The first kappa shape index (κ1) is 36.8. The monoisotopic (exact) mass is 538 g/mol. The summed E-state index contributed by atoms with van der Waals surface area (Å²) < 4.78 is 0. The van der Waals surface area contributed by atoms with Crippen molar-refractivity contribution in [1.29, 1.82) is 0 Å². The largest absolute Gasteiger partial charge is 3.00 e. The quantitative estimate of drug-likeness (QED) is 0.328. The van der Waals surface area contributed by atoms with Crippen LogP contribution in [0.5, 0.6) is 0 Å². The maximum atomic E-state index is 10.8. The molecule has 0 rings (SSSR count). The van der Waals surface area contributed by atoms with Crippen molar-refractivity contribution in [2.75, 3.05) is 0 Å². The summed E-state index contributed by atoms with van der Waals surface area (Å²) >= 11 is 0. The van der Waals surface area contributed by atoms with Gasteiger partial charge in [-0.1, -0.05) is 41.5 Å². The van der Waals surface area contributed by atoms with Crippen molar-refractivity contribution in [2.45, 2.75) is 81.6 Å². The van der Waals surface area contributed by atoms with Gasteiger partial charge in [-0.15, -0.1) is 17.3 Å². The van der Waals surface area contributed by atoms with Crippen molar-refractivity contribution >= 4 is 43.2 Å². The van der Waals surface area contributed by atoms with Crippen molar-refractivity contribution in [2.24, 2.45) is 17.8 Å². The molecule has 0 aromatic heterocycles. The summed E-state index contributed by atoms with van der Waals surface area (Å²) in [5.41, 5.74) is 0. The Bertz CT molecular complexity index is 528. The number of carbonyl (C=O) groups excluding carboxylic acids is 3. The first-order valence-electron chi connectivity index (χ1n) is 10.2. The van der Waals surface area contributed by atoms with Crippen LogP contribution in [0.4, 0.5) is 0 Å². The molecule has 0 N–H and O–H groups in total. The van der Waals surface area contributed by atoms with Crippen LogP contribution in [0.1, 0.15) is 81.6 Å². The zero-order valence-corrected chi connectivity index (χ0v) is 23.9. The molecule has 0 saturated heterocycles.